The van der Waals surface area contributed by atoms with Gasteiger partial charge in [-0.25, -0.2) is 0 Å². The van der Waals surface area contributed by atoms with Crippen molar-refractivity contribution in [3.8, 4) is 11.5 Å². The van der Waals surface area contributed by atoms with E-state index in [1.54, 1.807) is 32.4 Å². The number of amides is 1. The molecule has 0 radical (unpaired) electrons. The summed E-state index contributed by atoms with van der Waals surface area (Å²) in [6.45, 7) is 0. The van der Waals surface area contributed by atoms with Gasteiger partial charge in [0.2, 0.25) is 5.91 Å². The van der Waals surface area contributed by atoms with E-state index in [9.17, 15) is 4.79 Å². The fourth-order valence-electron chi connectivity index (χ4n) is 1.67. The zero-order valence-electron chi connectivity index (χ0n) is 9.90. The molecule has 2 rings (SSSR count). The molecule has 1 aliphatic rings. The molecule has 5 nitrogen and oxygen atoms in total. The van der Waals surface area contributed by atoms with Crippen LogP contribution in [-0.2, 0) is 4.79 Å². The van der Waals surface area contributed by atoms with Gasteiger partial charge in [0.25, 0.3) is 0 Å². The highest BCUT2D eigenvalue weighted by molar-refractivity contribution is 5.95. The van der Waals surface area contributed by atoms with Crippen LogP contribution in [0.25, 0.3) is 0 Å². The number of rotatable bonds is 4. The molecule has 1 aromatic rings. The van der Waals surface area contributed by atoms with E-state index in [4.69, 9.17) is 15.2 Å². The van der Waals surface area contributed by atoms with Crippen molar-refractivity contribution in [2.75, 3.05) is 19.5 Å². The van der Waals surface area contributed by atoms with E-state index in [2.05, 4.69) is 5.32 Å². The van der Waals surface area contributed by atoms with Crippen LogP contribution in [-0.4, -0.2) is 26.2 Å². The van der Waals surface area contributed by atoms with Crippen LogP contribution in [0.4, 0.5) is 5.69 Å². The molecule has 3 N–H and O–H groups in total. The molecule has 5 heteroatoms. The molecule has 1 aliphatic carbocycles. The normalized spacial score (nSPS) is 21.8. The second-order valence-electron chi connectivity index (χ2n) is 4.07. The molecule has 0 heterocycles. The Morgan fingerprint density at radius 3 is 2.53 bits per heavy atom. The lowest BCUT2D eigenvalue weighted by Gasteiger charge is -2.10. The van der Waals surface area contributed by atoms with E-state index in [1.807, 2.05) is 0 Å². The Bertz CT molecular complexity index is 434. The van der Waals surface area contributed by atoms with Gasteiger partial charge >= 0.3 is 0 Å². The van der Waals surface area contributed by atoms with Crippen LogP contribution < -0.4 is 20.5 Å². The van der Waals surface area contributed by atoms with Crippen molar-refractivity contribution in [1.29, 1.82) is 0 Å². The van der Waals surface area contributed by atoms with Gasteiger partial charge in [0.1, 0.15) is 0 Å². The summed E-state index contributed by atoms with van der Waals surface area (Å²) in [7, 11) is 3.12. The predicted molar refractivity (Wildman–Crippen MR) is 64.3 cm³/mol. The number of nitrogens with one attached hydrogen (secondary N) is 1. The summed E-state index contributed by atoms with van der Waals surface area (Å²) in [6.07, 6.45) is 0.763. The molecular weight excluding hydrogens is 220 g/mol. The van der Waals surface area contributed by atoms with E-state index in [1.165, 1.54) is 0 Å². The Kier molecular flexibility index (Phi) is 3.19. The molecule has 0 aliphatic heterocycles. The average molecular weight is 236 g/mol. The van der Waals surface area contributed by atoms with Crippen molar-refractivity contribution < 1.29 is 14.3 Å². The molecule has 17 heavy (non-hydrogen) atoms. The maximum Gasteiger partial charge on any atom is 0.229 e. The lowest BCUT2D eigenvalue weighted by Crippen LogP contribution is -2.18. The first kappa shape index (κ1) is 11.7. The van der Waals surface area contributed by atoms with Crippen LogP contribution in [0.15, 0.2) is 18.2 Å². The number of benzene rings is 1. The maximum atomic E-state index is 11.7. The molecule has 1 aromatic carbocycles. The molecule has 1 fully saturated rings. The number of carbonyl (C=O) groups excluding carboxylic acids is 1. The fraction of sp³-hybridized carbons (Fsp3) is 0.417. The number of methoxy groups -OCH3 is 2. The molecule has 0 aromatic heterocycles. The van der Waals surface area contributed by atoms with Gasteiger partial charge in [-0.3, -0.25) is 4.79 Å². The molecule has 1 saturated carbocycles. The standard InChI is InChI=1S/C12H16N2O3/c1-16-10-4-3-7(5-11(10)17-2)14-12(15)8-6-9(8)13/h3-5,8-9H,6,13H2,1-2H3,(H,14,15). The summed E-state index contributed by atoms with van der Waals surface area (Å²) in [5, 5.41) is 2.81. The van der Waals surface area contributed by atoms with E-state index >= 15 is 0 Å². The summed E-state index contributed by atoms with van der Waals surface area (Å²) in [4.78, 5) is 11.7. The van der Waals surface area contributed by atoms with E-state index < -0.39 is 0 Å². The van der Waals surface area contributed by atoms with Gasteiger partial charge in [-0.1, -0.05) is 0 Å². The zero-order valence-corrected chi connectivity index (χ0v) is 9.90. The van der Waals surface area contributed by atoms with Crippen molar-refractivity contribution in [1.82, 2.24) is 0 Å². The molecule has 0 bridgehead atoms. The Hall–Kier alpha value is -1.75. The minimum Gasteiger partial charge on any atom is -0.493 e. The first-order valence-corrected chi connectivity index (χ1v) is 5.44. The minimum atomic E-state index is -0.0527. The van der Waals surface area contributed by atoms with Gasteiger partial charge in [-0.05, 0) is 18.6 Å². The van der Waals surface area contributed by atoms with Crippen LogP contribution >= 0.6 is 0 Å². The predicted octanol–water partition coefficient (Wildman–Crippen LogP) is 0.989. The lowest BCUT2D eigenvalue weighted by atomic mass is 10.2. The SMILES string of the molecule is COc1ccc(NC(=O)C2CC2N)cc1OC. The van der Waals surface area contributed by atoms with E-state index in [-0.39, 0.29) is 17.9 Å². The Morgan fingerprint density at radius 2 is 2.00 bits per heavy atom. The summed E-state index contributed by atoms with van der Waals surface area (Å²) in [5.74, 6) is 1.13. The molecule has 2 unspecified atom stereocenters. The quantitative estimate of drug-likeness (QED) is 0.817. The van der Waals surface area contributed by atoms with Crippen molar-refractivity contribution in [2.24, 2.45) is 11.7 Å². The molecule has 2 atom stereocenters. The van der Waals surface area contributed by atoms with Gasteiger partial charge in [0.15, 0.2) is 11.5 Å². The topological polar surface area (TPSA) is 73.6 Å². The Labute approximate surface area is 99.9 Å². The van der Waals surface area contributed by atoms with Crippen molar-refractivity contribution in [3.05, 3.63) is 18.2 Å². The van der Waals surface area contributed by atoms with Crippen LogP contribution in [0.1, 0.15) is 6.42 Å². The Morgan fingerprint density at radius 1 is 1.35 bits per heavy atom. The molecule has 0 spiro atoms. The maximum absolute atomic E-state index is 11.7. The summed E-state index contributed by atoms with van der Waals surface area (Å²) >= 11 is 0. The number of anilines is 1. The monoisotopic (exact) mass is 236 g/mol. The van der Waals surface area contributed by atoms with Gasteiger partial charge in [-0.15, -0.1) is 0 Å². The second kappa shape index (κ2) is 4.63. The Balaban J connectivity index is 2.08. The smallest absolute Gasteiger partial charge is 0.229 e. The highest BCUT2D eigenvalue weighted by atomic mass is 16.5. The third-order valence-corrected chi connectivity index (χ3v) is 2.83. The van der Waals surface area contributed by atoms with Crippen molar-refractivity contribution in [2.45, 2.75) is 12.5 Å². The highest BCUT2D eigenvalue weighted by Crippen LogP contribution is 2.32. The van der Waals surface area contributed by atoms with Crippen LogP contribution in [0, 0.1) is 5.92 Å². The number of carbonyl (C=O) groups is 1. The summed E-state index contributed by atoms with van der Waals surface area (Å²) in [6, 6.07) is 5.26. The number of nitrogens with two attached hydrogens (primary N) is 1. The molecule has 1 amide bonds. The number of hydrogen-bond acceptors (Lipinski definition) is 4. The molecule has 92 valence electrons. The average Bonchev–Trinajstić information content (AvgIpc) is 3.06. The van der Waals surface area contributed by atoms with E-state index in [0.29, 0.717) is 17.2 Å². The third kappa shape index (κ3) is 2.50. The molecule has 0 saturated heterocycles. The van der Waals surface area contributed by atoms with Crippen LogP contribution in [0.3, 0.4) is 0 Å². The van der Waals surface area contributed by atoms with Crippen molar-refractivity contribution in [3.63, 3.8) is 0 Å². The minimum absolute atomic E-state index is 0.00939. The first-order chi connectivity index (χ1) is 8.15. The summed E-state index contributed by atoms with van der Waals surface area (Å²) in [5.41, 5.74) is 6.30. The highest BCUT2D eigenvalue weighted by Gasteiger charge is 2.39. The fourth-order valence-corrected chi connectivity index (χ4v) is 1.67. The number of hydrogen-bond donors (Lipinski definition) is 2. The second-order valence-corrected chi connectivity index (χ2v) is 4.07. The summed E-state index contributed by atoms with van der Waals surface area (Å²) < 4.78 is 10.3. The number of ether oxygens (including phenoxy) is 2. The lowest BCUT2D eigenvalue weighted by molar-refractivity contribution is -0.117. The van der Waals surface area contributed by atoms with Crippen LogP contribution in [0.2, 0.25) is 0 Å². The largest absolute Gasteiger partial charge is 0.493 e. The van der Waals surface area contributed by atoms with Crippen molar-refractivity contribution >= 4 is 11.6 Å². The zero-order chi connectivity index (χ0) is 12.4. The first-order valence-electron chi connectivity index (χ1n) is 5.44. The van der Waals surface area contributed by atoms with Gasteiger partial charge < -0.3 is 20.5 Å². The molecular formula is C12H16N2O3. The van der Waals surface area contributed by atoms with E-state index in [0.717, 1.165) is 6.42 Å². The van der Waals surface area contributed by atoms with Gasteiger partial charge in [0, 0.05) is 17.8 Å². The van der Waals surface area contributed by atoms with Gasteiger partial charge in [-0.2, -0.15) is 0 Å². The van der Waals surface area contributed by atoms with Crippen LogP contribution in [0.5, 0.6) is 11.5 Å². The third-order valence-electron chi connectivity index (χ3n) is 2.83. The van der Waals surface area contributed by atoms with Gasteiger partial charge in [0.05, 0.1) is 20.1 Å².